The van der Waals surface area contributed by atoms with Crippen LogP contribution in [0.5, 0.6) is 0 Å². The van der Waals surface area contributed by atoms with Crippen molar-refractivity contribution in [2.24, 2.45) is 0 Å². The normalized spacial score (nSPS) is 12.9. The number of nitrogens with zero attached hydrogens (tertiary/aromatic N) is 4. The fourth-order valence-corrected chi connectivity index (χ4v) is 2.82. The highest BCUT2D eigenvalue weighted by atomic mass is 32.1. The molecule has 0 saturated carbocycles. The first-order valence-electron chi connectivity index (χ1n) is 6.16. The summed E-state index contributed by atoms with van der Waals surface area (Å²) in [6.07, 6.45) is 0.900. The lowest BCUT2D eigenvalue weighted by Gasteiger charge is -2.08. The first kappa shape index (κ1) is 12.1. The van der Waals surface area contributed by atoms with Crippen molar-refractivity contribution >= 4 is 22.0 Å². The Hall–Kier alpha value is -1.95. The van der Waals surface area contributed by atoms with E-state index in [0.29, 0.717) is 0 Å². The summed E-state index contributed by atoms with van der Waals surface area (Å²) in [7, 11) is 0. The van der Waals surface area contributed by atoms with Crippen LogP contribution in [0.25, 0.3) is 4.96 Å². The van der Waals surface area contributed by atoms with Gasteiger partial charge in [0.15, 0.2) is 5.82 Å². The average Bonchev–Trinajstić information content (AvgIpc) is 2.90. The molecule has 3 aromatic rings. The Kier molecular flexibility index (Phi) is 2.94. The van der Waals surface area contributed by atoms with E-state index in [4.69, 9.17) is 5.73 Å². The molecule has 0 amide bonds. The van der Waals surface area contributed by atoms with Crippen molar-refractivity contribution in [1.82, 2.24) is 19.8 Å². The maximum Gasteiger partial charge on any atom is 0.234 e. The predicted octanol–water partition coefficient (Wildman–Crippen LogP) is 2.42. The van der Waals surface area contributed by atoms with E-state index in [1.807, 2.05) is 23.6 Å². The number of hydrogen-bond acceptors (Lipinski definition) is 5. The van der Waals surface area contributed by atoms with E-state index in [1.165, 1.54) is 5.56 Å². The van der Waals surface area contributed by atoms with Gasteiger partial charge < -0.3 is 5.73 Å². The first-order valence-corrected chi connectivity index (χ1v) is 6.98. The second kappa shape index (κ2) is 4.62. The molecule has 0 bridgehead atoms. The van der Waals surface area contributed by atoms with Crippen molar-refractivity contribution < 1.29 is 0 Å². The summed E-state index contributed by atoms with van der Waals surface area (Å²) in [5.74, 6) is 1.18. The molecule has 0 spiro atoms. The van der Waals surface area contributed by atoms with Crippen LogP contribution in [0.2, 0.25) is 0 Å². The number of aromatic nitrogens is 4. The summed E-state index contributed by atoms with van der Waals surface area (Å²) in [6, 6.07) is 7.95. The minimum Gasteiger partial charge on any atom is -0.399 e. The van der Waals surface area contributed by atoms with Crippen LogP contribution in [0.1, 0.15) is 29.2 Å². The predicted molar refractivity (Wildman–Crippen MR) is 76.4 cm³/mol. The largest absolute Gasteiger partial charge is 0.399 e. The molecular formula is C13H15N5S. The Morgan fingerprint density at radius 2 is 2.00 bits per heavy atom. The lowest BCUT2D eigenvalue weighted by atomic mass is 10.0. The maximum atomic E-state index is 5.69. The topological polar surface area (TPSA) is 69.1 Å². The molecule has 2 heterocycles. The molecule has 0 aliphatic rings. The van der Waals surface area contributed by atoms with Gasteiger partial charge >= 0.3 is 0 Å². The van der Waals surface area contributed by atoms with E-state index in [0.717, 1.165) is 27.9 Å². The fourth-order valence-electron chi connectivity index (χ4n) is 2.13. The van der Waals surface area contributed by atoms with Gasteiger partial charge in [0, 0.05) is 11.6 Å². The van der Waals surface area contributed by atoms with Gasteiger partial charge in [-0.3, -0.25) is 0 Å². The summed E-state index contributed by atoms with van der Waals surface area (Å²) < 4.78 is 1.85. The molecule has 1 atom stereocenters. The van der Waals surface area contributed by atoms with Crippen LogP contribution in [0.3, 0.4) is 0 Å². The maximum absolute atomic E-state index is 5.69. The summed E-state index contributed by atoms with van der Waals surface area (Å²) in [4.78, 5) is 0.858. The number of nitrogens with two attached hydrogens (primary N) is 1. The molecule has 0 fully saturated rings. The van der Waals surface area contributed by atoms with Crippen molar-refractivity contribution in [3.63, 3.8) is 0 Å². The van der Waals surface area contributed by atoms with Crippen LogP contribution in [0.15, 0.2) is 24.3 Å². The van der Waals surface area contributed by atoms with Gasteiger partial charge in [-0.25, -0.2) is 0 Å². The van der Waals surface area contributed by atoms with Crippen molar-refractivity contribution in [2.75, 3.05) is 5.73 Å². The highest BCUT2D eigenvalue weighted by Gasteiger charge is 2.16. The van der Waals surface area contributed by atoms with Crippen LogP contribution in [-0.4, -0.2) is 19.8 Å². The standard InChI is InChI=1S/C13H15N5S/c1-8(7-10-3-5-11(14)6-4-10)12-15-16-13-18(12)17-9(2)19-13/h3-6,8H,7,14H2,1-2H3. The molecule has 19 heavy (non-hydrogen) atoms. The van der Waals surface area contributed by atoms with Crippen LogP contribution in [-0.2, 0) is 6.42 Å². The molecule has 1 unspecified atom stereocenters. The molecule has 3 rings (SSSR count). The van der Waals surface area contributed by atoms with Crippen LogP contribution in [0, 0.1) is 6.92 Å². The third kappa shape index (κ3) is 2.31. The lowest BCUT2D eigenvalue weighted by Crippen LogP contribution is -2.05. The van der Waals surface area contributed by atoms with Gasteiger partial charge in [0.1, 0.15) is 5.01 Å². The van der Waals surface area contributed by atoms with Crippen molar-refractivity contribution in [3.8, 4) is 0 Å². The molecule has 0 aliphatic carbocycles. The van der Waals surface area contributed by atoms with E-state index >= 15 is 0 Å². The van der Waals surface area contributed by atoms with E-state index in [-0.39, 0.29) is 5.92 Å². The summed E-state index contributed by atoms with van der Waals surface area (Å²) in [5, 5.41) is 13.9. The van der Waals surface area contributed by atoms with Crippen LogP contribution >= 0.6 is 11.3 Å². The zero-order valence-corrected chi connectivity index (χ0v) is 11.7. The number of benzene rings is 1. The SMILES string of the molecule is Cc1nn2c(C(C)Cc3ccc(N)cc3)nnc2s1. The van der Waals surface area contributed by atoms with Crippen LogP contribution < -0.4 is 5.73 Å². The molecule has 5 nitrogen and oxygen atoms in total. The zero-order valence-electron chi connectivity index (χ0n) is 10.9. The van der Waals surface area contributed by atoms with Gasteiger partial charge in [0.2, 0.25) is 4.96 Å². The second-order valence-corrected chi connectivity index (χ2v) is 5.88. The molecule has 0 aliphatic heterocycles. The molecule has 6 heteroatoms. The van der Waals surface area contributed by atoms with E-state index in [1.54, 1.807) is 11.3 Å². The third-order valence-corrected chi connectivity index (χ3v) is 3.89. The monoisotopic (exact) mass is 273 g/mol. The first-order chi connectivity index (χ1) is 9.13. The van der Waals surface area contributed by atoms with Crippen LogP contribution in [0.4, 0.5) is 5.69 Å². The molecule has 1 aromatic carbocycles. The van der Waals surface area contributed by atoms with E-state index in [9.17, 15) is 0 Å². The molecular weight excluding hydrogens is 258 g/mol. The number of fused-ring (bicyclic) bond motifs is 1. The quantitative estimate of drug-likeness (QED) is 0.744. The Balaban J connectivity index is 1.87. The third-order valence-electron chi connectivity index (χ3n) is 3.08. The zero-order chi connectivity index (χ0) is 13.4. The number of rotatable bonds is 3. The number of aryl methyl sites for hydroxylation is 1. The number of anilines is 1. The molecule has 0 saturated heterocycles. The van der Waals surface area contributed by atoms with Gasteiger partial charge in [-0.05, 0) is 31.0 Å². The van der Waals surface area contributed by atoms with Gasteiger partial charge in [-0.1, -0.05) is 30.4 Å². The summed E-state index contributed by atoms with van der Waals surface area (Å²) in [6.45, 7) is 4.12. The fraction of sp³-hybridized carbons (Fsp3) is 0.308. The Morgan fingerprint density at radius 1 is 1.26 bits per heavy atom. The van der Waals surface area contributed by atoms with Crippen molar-refractivity contribution in [2.45, 2.75) is 26.2 Å². The summed E-state index contributed by atoms with van der Waals surface area (Å²) >= 11 is 1.56. The lowest BCUT2D eigenvalue weighted by molar-refractivity contribution is 0.665. The van der Waals surface area contributed by atoms with Gasteiger partial charge in [-0.2, -0.15) is 9.61 Å². The Labute approximate surface area is 115 Å². The summed E-state index contributed by atoms with van der Waals surface area (Å²) in [5.41, 5.74) is 7.72. The molecule has 2 N–H and O–H groups in total. The van der Waals surface area contributed by atoms with E-state index in [2.05, 4.69) is 34.4 Å². The van der Waals surface area contributed by atoms with Crippen molar-refractivity contribution in [3.05, 3.63) is 40.7 Å². The minimum absolute atomic E-state index is 0.264. The highest BCUT2D eigenvalue weighted by molar-refractivity contribution is 7.16. The van der Waals surface area contributed by atoms with Gasteiger partial charge in [-0.15, -0.1) is 10.2 Å². The van der Waals surface area contributed by atoms with E-state index < -0.39 is 0 Å². The molecule has 98 valence electrons. The Morgan fingerprint density at radius 3 is 2.74 bits per heavy atom. The minimum atomic E-state index is 0.264. The van der Waals surface area contributed by atoms with Gasteiger partial charge in [0.25, 0.3) is 0 Å². The van der Waals surface area contributed by atoms with Gasteiger partial charge in [0.05, 0.1) is 0 Å². The number of hydrogen-bond donors (Lipinski definition) is 1. The van der Waals surface area contributed by atoms with Crippen molar-refractivity contribution in [1.29, 1.82) is 0 Å². The molecule has 0 radical (unpaired) electrons. The average molecular weight is 273 g/mol. The Bertz CT molecular complexity index is 697. The molecule has 2 aromatic heterocycles. The smallest absolute Gasteiger partial charge is 0.234 e. The highest BCUT2D eigenvalue weighted by Crippen LogP contribution is 2.22. The second-order valence-electron chi connectivity index (χ2n) is 4.72. The number of nitrogen functional groups attached to an aromatic ring is 1.